The fourth-order valence-electron chi connectivity index (χ4n) is 2.99. The number of carbonyl (C=O) groups is 1. The van der Waals surface area contributed by atoms with Crippen LogP contribution in [-0.4, -0.2) is 28.7 Å². The second-order valence-corrected chi connectivity index (χ2v) is 7.13. The molecule has 0 fully saturated rings. The monoisotopic (exact) mass is 393 g/mol. The van der Waals surface area contributed by atoms with Crippen LogP contribution in [0, 0.1) is 6.92 Å². The number of nitrogens with zero attached hydrogens (tertiary/aromatic N) is 2. The molecule has 6 heteroatoms. The number of benzene rings is 2. The van der Waals surface area contributed by atoms with Crippen LogP contribution < -0.4 is 14.8 Å². The van der Waals surface area contributed by atoms with E-state index >= 15 is 0 Å². The molecule has 29 heavy (non-hydrogen) atoms. The first-order valence-electron chi connectivity index (χ1n) is 9.64. The van der Waals surface area contributed by atoms with E-state index in [9.17, 15) is 4.79 Å². The van der Waals surface area contributed by atoms with E-state index in [2.05, 4.69) is 14.9 Å². The molecular formula is C23H27N3O3. The summed E-state index contributed by atoms with van der Waals surface area (Å²) in [6.07, 6.45) is 3.80. The van der Waals surface area contributed by atoms with Gasteiger partial charge in [0.2, 0.25) is 0 Å². The molecule has 1 heterocycles. The van der Waals surface area contributed by atoms with Crippen molar-refractivity contribution < 1.29 is 14.3 Å². The van der Waals surface area contributed by atoms with Crippen molar-refractivity contribution >= 4 is 5.91 Å². The second kappa shape index (κ2) is 9.28. The summed E-state index contributed by atoms with van der Waals surface area (Å²) in [5.74, 6) is 2.20. The summed E-state index contributed by atoms with van der Waals surface area (Å²) in [4.78, 5) is 16.7. The van der Waals surface area contributed by atoms with E-state index in [1.807, 2.05) is 69.4 Å². The highest BCUT2D eigenvalue weighted by atomic mass is 16.5. The molecule has 1 aromatic heterocycles. The molecular weight excluding hydrogens is 366 g/mol. The number of aromatic nitrogens is 2. The zero-order chi connectivity index (χ0) is 20.8. The number of hydrogen-bond donors (Lipinski definition) is 1. The van der Waals surface area contributed by atoms with Crippen molar-refractivity contribution in [1.29, 1.82) is 0 Å². The Balaban J connectivity index is 1.59. The maximum atomic E-state index is 12.5. The molecule has 3 aromatic rings. The molecule has 6 nitrogen and oxygen atoms in total. The molecule has 0 aliphatic heterocycles. The molecule has 1 N–H and O–H groups in total. The third-order valence-electron chi connectivity index (χ3n) is 4.54. The summed E-state index contributed by atoms with van der Waals surface area (Å²) >= 11 is 0. The first-order chi connectivity index (χ1) is 14.0. The van der Waals surface area contributed by atoms with Gasteiger partial charge in [0.15, 0.2) is 11.5 Å². The molecule has 2 aromatic carbocycles. The Morgan fingerprint density at radius 2 is 1.83 bits per heavy atom. The van der Waals surface area contributed by atoms with E-state index in [0.29, 0.717) is 23.6 Å². The highest BCUT2D eigenvalue weighted by Gasteiger charge is 2.10. The molecule has 0 atom stereocenters. The van der Waals surface area contributed by atoms with Crippen LogP contribution in [0.4, 0.5) is 0 Å². The smallest absolute Gasteiger partial charge is 0.251 e. The molecule has 0 radical (unpaired) electrons. The molecule has 0 saturated heterocycles. The van der Waals surface area contributed by atoms with Crippen LogP contribution in [0.15, 0.2) is 54.9 Å². The fourth-order valence-corrected chi connectivity index (χ4v) is 2.99. The Morgan fingerprint density at radius 1 is 1.10 bits per heavy atom. The van der Waals surface area contributed by atoms with Gasteiger partial charge >= 0.3 is 0 Å². The molecule has 0 aliphatic rings. The minimum atomic E-state index is -0.114. The van der Waals surface area contributed by atoms with Gasteiger partial charge in [-0.15, -0.1) is 0 Å². The van der Waals surface area contributed by atoms with Crippen LogP contribution in [0.3, 0.4) is 0 Å². The van der Waals surface area contributed by atoms with Crippen molar-refractivity contribution in [3.8, 4) is 11.5 Å². The number of aryl methyl sites for hydroxylation is 1. The van der Waals surface area contributed by atoms with E-state index in [-0.39, 0.29) is 12.0 Å². The van der Waals surface area contributed by atoms with Crippen molar-refractivity contribution in [2.24, 2.45) is 0 Å². The Bertz CT molecular complexity index is 962. The summed E-state index contributed by atoms with van der Waals surface area (Å²) in [6.45, 7) is 7.05. The van der Waals surface area contributed by atoms with Crippen LogP contribution in [0.2, 0.25) is 0 Å². The molecule has 0 unspecified atom stereocenters. The Labute approximate surface area is 171 Å². The summed E-state index contributed by atoms with van der Waals surface area (Å²) in [5.41, 5.74) is 2.69. The van der Waals surface area contributed by atoms with Crippen molar-refractivity contribution in [3.63, 3.8) is 0 Å². The van der Waals surface area contributed by atoms with E-state index < -0.39 is 0 Å². The fraction of sp³-hybridized carbons (Fsp3) is 0.304. The SMILES string of the molecule is COc1cc(CNC(=O)c2ccc(Cn3ccnc3C)cc2)ccc1OC(C)C. The normalized spacial score (nSPS) is 10.8. The number of nitrogens with one attached hydrogen (secondary N) is 1. The van der Waals surface area contributed by atoms with Gasteiger partial charge in [0, 0.05) is 31.0 Å². The molecule has 3 rings (SSSR count). The lowest BCUT2D eigenvalue weighted by molar-refractivity contribution is 0.0951. The number of ether oxygens (including phenoxy) is 2. The maximum Gasteiger partial charge on any atom is 0.251 e. The van der Waals surface area contributed by atoms with Crippen LogP contribution >= 0.6 is 0 Å². The predicted molar refractivity (Wildman–Crippen MR) is 112 cm³/mol. The molecule has 0 bridgehead atoms. The first kappa shape index (κ1) is 20.5. The Morgan fingerprint density at radius 3 is 2.45 bits per heavy atom. The first-order valence-corrected chi connectivity index (χ1v) is 9.64. The van der Waals surface area contributed by atoms with Gasteiger partial charge in [0.1, 0.15) is 5.82 Å². The highest BCUT2D eigenvalue weighted by molar-refractivity contribution is 5.94. The maximum absolute atomic E-state index is 12.5. The Hall–Kier alpha value is -3.28. The van der Waals surface area contributed by atoms with Crippen LogP contribution in [0.1, 0.15) is 41.2 Å². The van der Waals surface area contributed by atoms with Gasteiger partial charge in [-0.1, -0.05) is 18.2 Å². The van der Waals surface area contributed by atoms with Gasteiger partial charge in [-0.3, -0.25) is 4.79 Å². The zero-order valence-electron chi connectivity index (χ0n) is 17.3. The third-order valence-corrected chi connectivity index (χ3v) is 4.54. The minimum absolute atomic E-state index is 0.0649. The van der Waals surface area contributed by atoms with E-state index in [1.165, 1.54) is 0 Å². The molecule has 1 amide bonds. The average Bonchev–Trinajstić information content (AvgIpc) is 3.11. The van der Waals surface area contributed by atoms with Crippen molar-refractivity contribution in [2.45, 2.75) is 40.0 Å². The largest absolute Gasteiger partial charge is 0.493 e. The Kier molecular flexibility index (Phi) is 6.54. The van der Waals surface area contributed by atoms with Gasteiger partial charge < -0.3 is 19.4 Å². The lowest BCUT2D eigenvalue weighted by Gasteiger charge is -2.15. The van der Waals surface area contributed by atoms with Gasteiger partial charge in [-0.05, 0) is 56.2 Å². The highest BCUT2D eigenvalue weighted by Crippen LogP contribution is 2.29. The predicted octanol–water partition coefficient (Wildman–Crippen LogP) is 3.97. The molecule has 0 saturated carbocycles. The van der Waals surface area contributed by atoms with Crippen LogP contribution in [0.25, 0.3) is 0 Å². The second-order valence-electron chi connectivity index (χ2n) is 7.13. The van der Waals surface area contributed by atoms with E-state index in [1.54, 1.807) is 13.3 Å². The number of amides is 1. The van der Waals surface area contributed by atoms with Crippen molar-refractivity contribution in [2.75, 3.05) is 7.11 Å². The lowest BCUT2D eigenvalue weighted by atomic mass is 10.1. The third kappa shape index (κ3) is 5.38. The van der Waals surface area contributed by atoms with Gasteiger partial charge in [0.05, 0.1) is 13.2 Å². The standard InChI is InChI=1S/C23H27N3O3/c1-16(2)29-21-10-7-19(13-22(21)28-4)14-25-23(27)20-8-5-18(6-9-20)15-26-12-11-24-17(26)3/h5-13,16H,14-15H2,1-4H3,(H,25,27). The van der Waals surface area contributed by atoms with Crippen LogP contribution in [0.5, 0.6) is 11.5 Å². The summed E-state index contributed by atoms with van der Waals surface area (Å²) in [7, 11) is 1.61. The number of methoxy groups -OCH3 is 1. The topological polar surface area (TPSA) is 65.4 Å². The van der Waals surface area contributed by atoms with Crippen LogP contribution in [-0.2, 0) is 13.1 Å². The number of imidazole rings is 1. The number of rotatable bonds is 8. The average molecular weight is 393 g/mol. The molecule has 0 spiro atoms. The van der Waals surface area contributed by atoms with Gasteiger partial charge in [0.25, 0.3) is 5.91 Å². The summed E-state index contributed by atoms with van der Waals surface area (Å²) in [6, 6.07) is 13.3. The zero-order valence-corrected chi connectivity index (χ0v) is 17.3. The number of carbonyl (C=O) groups excluding carboxylic acids is 1. The van der Waals surface area contributed by atoms with E-state index in [0.717, 1.165) is 23.5 Å². The van der Waals surface area contributed by atoms with Crippen molar-refractivity contribution in [1.82, 2.24) is 14.9 Å². The van der Waals surface area contributed by atoms with E-state index in [4.69, 9.17) is 9.47 Å². The molecule has 0 aliphatic carbocycles. The summed E-state index contributed by atoms with van der Waals surface area (Å²) < 4.78 is 13.2. The van der Waals surface area contributed by atoms with Crippen molar-refractivity contribution in [3.05, 3.63) is 77.4 Å². The minimum Gasteiger partial charge on any atom is -0.493 e. The summed E-state index contributed by atoms with van der Waals surface area (Å²) in [5, 5.41) is 2.95. The quantitative estimate of drug-likeness (QED) is 0.629. The lowest BCUT2D eigenvalue weighted by Crippen LogP contribution is -2.22. The molecule has 152 valence electrons. The van der Waals surface area contributed by atoms with Gasteiger partial charge in [-0.25, -0.2) is 4.98 Å². The number of hydrogen-bond acceptors (Lipinski definition) is 4. The van der Waals surface area contributed by atoms with Gasteiger partial charge in [-0.2, -0.15) is 0 Å².